The third kappa shape index (κ3) is 9.00. The summed E-state index contributed by atoms with van der Waals surface area (Å²) in [6, 6.07) is 3.60. The summed E-state index contributed by atoms with van der Waals surface area (Å²) < 4.78 is 18.6. The lowest BCUT2D eigenvalue weighted by Crippen LogP contribution is -2.27. The van der Waals surface area contributed by atoms with Crippen LogP contribution >= 0.6 is 0 Å². The number of carbonyl (C=O) groups excluding carboxylic acids is 2. The molecule has 0 saturated carbocycles. The largest absolute Gasteiger partial charge is 0.481 e. The van der Waals surface area contributed by atoms with E-state index in [9.17, 15) is 18.8 Å². The van der Waals surface area contributed by atoms with Crippen LogP contribution in [0.2, 0.25) is 0 Å². The predicted molar refractivity (Wildman–Crippen MR) is 95.6 cm³/mol. The van der Waals surface area contributed by atoms with Crippen molar-refractivity contribution in [2.75, 3.05) is 10.6 Å². The Morgan fingerprint density at radius 2 is 1.69 bits per heavy atom. The fourth-order valence-electron chi connectivity index (χ4n) is 2.09. The molecule has 0 heterocycles. The summed E-state index contributed by atoms with van der Waals surface area (Å²) in [6.07, 6.45) is 1.13. The monoisotopic (exact) mass is 368 g/mol. The van der Waals surface area contributed by atoms with Gasteiger partial charge in [0.05, 0.1) is 11.4 Å². The highest BCUT2D eigenvalue weighted by Gasteiger charge is 2.18. The number of halogens is 1. The molecule has 0 aromatic heterocycles. The third-order valence-electron chi connectivity index (χ3n) is 3.19. The Morgan fingerprint density at radius 3 is 2.31 bits per heavy atom. The average Bonchev–Trinajstić information content (AvgIpc) is 2.47. The van der Waals surface area contributed by atoms with Crippen LogP contribution in [0.4, 0.5) is 20.6 Å². The van der Waals surface area contributed by atoms with Crippen molar-refractivity contribution >= 4 is 29.3 Å². The molecule has 1 aromatic carbocycles. The van der Waals surface area contributed by atoms with Crippen molar-refractivity contribution in [2.24, 2.45) is 0 Å². The molecule has 0 aliphatic carbocycles. The molecule has 8 heteroatoms. The Kier molecular flexibility index (Phi) is 8.02. The number of carbonyl (C=O) groups is 3. The van der Waals surface area contributed by atoms with Gasteiger partial charge in [0.15, 0.2) is 0 Å². The topological polar surface area (TPSA) is 105 Å². The molecule has 7 nitrogen and oxygen atoms in total. The average molecular weight is 368 g/mol. The number of benzene rings is 1. The molecule has 0 atom stereocenters. The Balaban J connectivity index is 2.62. The van der Waals surface area contributed by atoms with Gasteiger partial charge in [0.1, 0.15) is 11.4 Å². The summed E-state index contributed by atoms with van der Waals surface area (Å²) in [5.41, 5.74) is -0.338. The third-order valence-corrected chi connectivity index (χ3v) is 3.19. The number of anilines is 2. The molecule has 0 saturated heterocycles. The zero-order valence-electron chi connectivity index (χ0n) is 15.2. The van der Waals surface area contributed by atoms with E-state index in [0.717, 1.165) is 12.1 Å². The standard InChI is InChI=1S/C18H25FN2O5/c1-18(2,3)26-17(25)21-13-10-9-12(19)11-14(13)20-15(22)7-5-4-6-8-16(23)24/h9-11H,4-8H2,1-3H3,(H,20,22)(H,21,25)(H,23,24). The van der Waals surface area contributed by atoms with Gasteiger partial charge in [0, 0.05) is 12.8 Å². The van der Waals surface area contributed by atoms with E-state index in [1.807, 2.05) is 0 Å². The maximum atomic E-state index is 13.5. The van der Waals surface area contributed by atoms with Gasteiger partial charge in [-0.1, -0.05) is 6.42 Å². The van der Waals surface area contributed by atoms with E-state index in [-0.39, 0.29) is 30.1 Å². The van der Waals surface area contributed by atoms with E-state index < -0.39 is 23.5 Å². The first-order valence-electron chi connectivity index (χ1n) is 8.38. The van der Waals surface area contributed by atoms with Gasteiger partial charge < -0.3 is 15.2 Å². The second-order valence-corrected chi connectivity index (χ2v) is 6.82. The van der Waals surface area contributed by atoms with Crippen molar-refractivity contribution in [1.82, 2.24) is 0 Å². The van der Waals surface area contributed by atoms with Crippen molar-refractivity contribution in [1.29, 1.82) is 0 Å². The summed E-state index contributed by atoms with van der Waals surface area (Å²) in [4.78, 5) is 34.3. The van der Waals surface area contributed by atoms with Gasteiger partial charge in [-0.15, -0.1) is 0 Å². The second kappa shape index (κ2) is 9.74. The van der Waals surface area contributed by atoms with Gasteiger partial charge in [-0.05, 0) is 51.8 Å². The number of hydrogen-bond donors (Lipinski definition) is 3. The predicted octanol–water partition coefficient (Wildman–Crippen LogP) is 4.15. The number of carboxylic acids is 1. The van der Waals surface area contributed by atoms with Crippen LogP contribution in [0.25, 0.3) is 0 Å². The second-order valence-electron chi connectivity index (χ2n) is 6.82. The van der Waals surface area contributed by atoms with Crippen molar-refractivity contribution in [3.63, 3.8) is 0 Å². The highest BCUT2D eigenvalue weighted by atomic mass is 19.1. The van der Waals surface area contributed by atoms with E-state index in [1.54, 1.807) is 20.8 Å². The van der Waals surface area contributed by atoms with E-state index in [2.05, 4.69) is 10.6 Å². The lowest BCUT2D eigenvalue weighted by atomic mass is 10.1. The number of carboxylic acid groups (broad SMARTS) is 1. The van der Waals surface area contributed by atoms with E-state index in [4.69, 9.17) is 9.84 Å². The first-order valence-corrected chi connectivity index (χ1v) is 8.38. The first-order chi connectivity index (χ1) is 12.1. The van der Waals surface area contributed by atoms with E-state index >= 15 is 0 Å². The molecule has 26 heavy (non-hydrogen) atoms. The number of hydrogen-bond acceptors (Lipinski definition) is 4. The van der Waals surface area contributed by atoms with Crippen LogP contribution in [0.1, 0.15) is 52.9 Å². The van der Waals surface area contributed by atoms with Gasteiger partial charge >= 0.3 is 12.1 Å². The fourth-order valence-corrected chi connectivity index (χ4v) is 2.09. The summed E-state index contributed by atoms with van der Waals surface area (Å²) in [6.45, 7) is 5.14. The number of unbranched alkanes of at least 4 members (excludes halogenated alkanes) is 2. The van der Waals surface area contributed by atoms with Crippen LogP contribution in [0.15, 0.2) is 18.2 Å². The molecule has 0 radical (unpaired) electrons. The minimum atomic E-state index is -0.868. The van der Waals surface area contributed by atoms with Crippen molar-refractivity contribution in [3.05, 3.63) is 24.0 Å². The zero-order valence-corrected chi connectivity index (χ0v) is 15.2. The molecule has 0 bridgehead atoms. The summed E-state index contributed by atoms with van der Waals surface area (Å²) in [5, 5.41) is 13.6. The van der Waals surface area contributed by atoms with Crippen LogP contribution in [0.3, 0.4) is 0 Å². The fraction of sp³-hybridized carbons (Fsp3) is 0.500. The number of aliphatic carboxylic acids is 1. The van der Waals surface area contributed by atoms with Crippen molar-refractivity contribution in [2.45, 2.75) is 58.5 Å². The van der Waals surface area contributed by atoms with Crippen LogP contribution in [-0.4, -0.2) is 28.7 Å². The Hall–Kier alpha value is -2.64. The number of rotatable bonds is 8. The maximum absolute atomic E-state index is 13.5. The zero-order chi connectivity index (χ0) is 19.7. The van der Waals surface area contributed by atoms with Gasteiger partial charge in [-0.25, -0.2) is 9.18 Å². The molecule has 2 amide bonds. The molecule has 3 N–H and O–H groups in total. The Labute approximate surface area is 151 Å². The van der Waals surface area contributed by atoms with Crippen LogP contribution in [0.5, 0.6) is 0 Å². The highest BCUT2D eigenvalue weighted by Crippen LogP contribution is 2.24. The molecule has 0 unspecified atom stereocenters. The van der Waals surface area contributed by atoms with Crippen LogP contribution < -0.4 is 10.6 Å². The maximum Gasteiger partial charge on any atom is 0.412 e. The van der Waals surface area contributed by atoms with Crippen LogP contribution in [0, 0.1) is 5.82 Å². The minimum absolute atomic E-state index is 0.0650. The van der Waals surface area contributed by atoms with Gasteiger partial charge in [0.25, 0.3) is 0 Å². The van der Waals surface area contributed by atoms with E-state index in [1.165, 1.54) is 6.07 Å². The van der Waals surface area contributed by atoms with Crippen molar-refractivity contribution in [3.8, 4) is 0 Å². The smallest absolute Gasteiger partial charge is 0.412 e. The quantitative estimate of drug-likeness (QED) is 0.598. The van der Waals surface area contributed by atoms with Gasteiger partial charge in [-0.2, -0.15) is 0 Å². The molecule has 0 aliphatic rings. The van der Waals surface area contributed by atoms with Gasteiger partial charge in [0.2, 0.25) is 5.91 Å². The Bertz CT molecular complexity index is 655. The molecule has 0 aliphatic heterocycles. The summed E-state index contributed by atoms with van der Waals surface area (Å²) in [7, 11) is 0. The SMILES string of the molecule is CC(C)(C)OC(=O)Nc1ccc(F)cc1NC(=O)CCCCCC(=O)O. The molecule has 0 spiro atoms. The number of amides is 2. The lowest BCUT2D eigenvalue weighted by molar-refractivity contribution is -0.137. The molecule has 1 rings (SSSR count). The van der Waals surface area contributed by atoms with Crippen molar-refractivity contribution < 1.29 is 28.6 Å². The normalized spacial score (nSPS) is 10.9. The Morgan fingerprint density at radius 1 is 1.04 bits per heavy atom. The van der Waals surface area contributed by atoms with Crippen LogP contribution in [-0.2, 0) is 14.3 Å². The first kappa shape index (κ1) is 21.4. The van der Waals surface area contributed by atoms with Gasteiger partial charge in [-0.3, -0.25) is 14.9 Å². The van der Waals surface area contributed by atoms with E-state index in [0.29, 0.717) is 19.3 Å². The molecular formula is C18H25FN2O5. The molecular weight excluding hydrogens is 343 g/mol. The minimum Gasteiger partial charge on any atom is -0.481 e. The highest BCUT2D eigenvalue weighted by molar-refractivity contribution is 5.97. The molecule has 0 fully saturated rings. The number of nitrogens with one attached hydrogen (secondary N) is 2. The summed E-state index contributed by atoms with van der Waals surface area (Å²) in [5.74, 6) is -1.78. The molecule has 144 valence electrons. The molecule has 1 aromatic rings. The summed E-state index contributed by atoms with van der Waals surface area (Å²) >= 11 is 0. The lowest BCUT2D eigenvalue weighted by Gasteiger charge is -2.20. The number of ether oxygens (including phenoxy) is 1.